The second kappa shape index (κ2) is 12.0. The van der Waals surface area contributed by atoms with Gasteiger partial charge in [0.1, 0.15) is 12.2 Å². The molecule has 0 aliphatic carbocycles. The molecule has 1 saturated heterocycles. The van der Waals surface area contributed by atoms with Crippen molar-refractivity contribution in [1.82, 2.24) is 24.3 Å². The van der Waals surface area contributed by atoms with Gasteiger partial charge in [0.05, 0.1) is 28.6 Å². The summed E-state index contributed by atoms with van der Waals surface area (Å²) in [6.07, 6.45) is 0.304. The van der Waals surface area contributed by atoms with E-state index in [4.69, 9.17) is 20.9 Å². The Morgan fingerprint density at radius 3 is 2.56 bits per heavy atom. The van der Waals surface area contributed by atoms with Gasteiger partial charge in [-0.25, -0.2) is 0 Å². The number of rotatable bonds is 7. The van der Waals surface area contributed by atoms with Crippen molar-refractivity contribution in [2.24, 2.45) is 0 Å². The second-order valence-electron chi connectivity index (χ2n) is 10.5. The number of piperazine rings is 1. The maximum absolute atomic E-state index is 14.0. The van der Waals surface area contributed by atoms with E-state index in [1.807, 2.05) is 22.8 Å². The number of hydrogen-bond donors (Lipinski definition) is 2. The first-order chi connectivity index (χ1) is 21.5. The van der Waals surface area contributed by atoms with Crippen LogP contribution in [0.4, 0.5) is 30.4 Å². The Morgan fingerprint density at radius 1 is 1.18 bits per heavy atom. The summed E-state index contributed by atoms with van der Waals surface area (Å²) in [6.45, 7) is 3.55. The number of anilines is 3. The Hall–Kier alpha value is -4.73. The predicted octanol–water partition coefficient (Wildman–Crippen LogP) is 3.94. The van der Waals surface area contributed by atoms with Crippen LogP contribution in [0.1, 0.15) is 36.8 Å². The molecular weight excluding hydrogens is 621 g/mol. The third-order valence-corrected chi connectivity index (χ3v) is 7.93. The molecule has 6 rings (SSSR count). The summed E-state index contributed by atoms with van der Waals surface area (Å²) >= 11 is 6.09. The van der Waals surface area contributed by atoms with E-state index in [0.717, 1.165) is 41.8 Å². The third-order valence-electron chi connectivity index (χ3n) is 7.62. The fraction of sp³-hybridized carbons (Fsp3) is 0.393. The quantitative estimate of drug-likeness (QED) is 0.303. The van der Waals surface area contributed by atoms with Gasteiger partial charge in [-0.2, -0.15) is 22.7 Å². The van der Waals surface area contributed by atoms with Crippen LogP contribution in [0.3, 0.4) is 0 Å². The lowest BCUT2D eigenvalue weighted by atomic mass is 10.2. The second-order valence-corrected chi connectivity index (χ2v) is 10.9. The molecule has 13 nitrogen and oxygen atoms in total. The minimum atomic E-state index is -4.59. The fourth-order valence-corrected chi connectivity index (χ4v) is 5.69. The first kappa shape index (κ1) is 30.3. The van der Waals surface area contributed by atoms with Crippen LogP contribution < -0.4 is 20.7 Å². The predicted molar refractivity (Wildman–Crippen MR) is 157 cm³/mol. The number of aromatic hydroxyl groups is 1. The highest BCUT2D eigenvalue weighted by atomic mass is 35.5. The van der Waals surface area contributed by atoms with Crippen molar-refractivity contribution in [2.45, 2.75) is 38.9 Å². The van der Waals surface area contributed by atoms with E-state index in [0.29, 0.717) is 62.2 Å². The summed E-state index contributed by atoms with van der Waals surface area (Å²) in [5, 5.41) is 20.6. The van der Waals surface area contributed by atoms with Gasteiger partial charge < -0.3 is 34.1 Å². The smallest absolute Gasteiger partial charge is 0.416 e. The maximum atomic E-state index is 14.0. The monoisotopic (exact) mass is 648 g/mol. The zero-order chi connectivity index (χ0) is 31.9. The highest BCUT2D eigenvalue weighted by Gasteiger charge is 2.32. The number of ether oxygens (including phenoxy) is 1. The number of nitrogens with zero attached hydrogens (tertiary/aromatic N) is 7. The Bertz CT molecular complexity index is 1840. The molecule has 0 saturated carbocycles. The number of carbonyl (C=O) groups excluding carboxylic acids is 1. The molecule has 1 amide bonds. The summed E-state index contributed by atoms with van der Waals surface area (Å²) in [5.74, 6) is 0.334. The van der Waals surface area contributed by atoms with Gasteiger partial charge in [0, 0.05) is 26.2 Å². The zero-order valence-corrected chi connectivity index (χ0v) is 24.7. The van der Waals surface area contributed by atoms with Crippen molar-refractivity contribution >= 4 is 46.2 Å². The number of halogens is 4. The molecule has 17 heteroatoms. The lowest BCUT2D eigenvalue weighted by Crippen LogP contribution is -2.49. The van der Waals surface area contributed by atoms with Crippen LogP contribution in [0.5, 0.6) is 5.75 Å². The summed E-state index contributed by atoms with van der Waals surface area (Å²) in [7, 11) is 0. The number of amides is 1. The highest BCUT2D eigenvalue weighted by Crippen LogP contribution is 2.34. The summed E-state index contributed by atoms with van der Waals surface area (Å²) in [6, 6.07) is 2.66. The van der Waals surface area contributed by atoms with Gasteiger partial charge in [-0.3, -0.25) is 9.59 Å². The van der Waals surface area contributed by atoms with Gasteiger partial charge in [-0.05, 0) is 43.5 Å². The minimum absolute atomic E-state index is 0.000140. The van der Waals surface area contributed by atoms with E-state index in [9.17, 15) is 27.9 Å². The number of hydrogen-bond acceptors (Lipinski definition) is 10. The van der Waals surface area contributed by atoms with Crippen LogP contribution in [-0.2, 0) is 28.7 Å². The molecule has 0 radical (unpaired) electrons. The molecule has 0 unspecified atom stereocenters. The van der Waals surface area contributed by atoms with Crippen molar-refractivity contribution in [3.05, 3.63) is 63.0 Å². The van der Waals surface area contributed by atoms with E-state index >= 15 is 0 Å². The van der Waals surface area contributed by atoms with Crippen molar-refractivity contribution in [1.29, 1.82) is 0 Å². The lowest BCUT2D eigenvalue weighted by Gasteiger charge is -2.36. The average molecular weight is 649 g/mol. The van der Waals surface area contributed by atoms with Gasteiger partial charge >= 0.3 is 6.18 Å². The van der Waals surface area contributed by atoms with E-state index in [1.165, 1.54) is 0 Å². The molecule has 1 fully saturated rings. The molecule has 5 heterocycles. The summed E-state index contributed by atoms with van der Waals surface area (Å²) in [5.41, 5.74) is -0.544. The molecule has 0 bridgehead atoms. The Morgan fingerprint density at radius 2 is 1.93 bits per heavy atom. The van der Waals surface area contributed by atoms with Gasteiger partial charge in [0.2, 0.25) is 29.1 Å². The van der Waals surface area contributed by atoms with Crippen molar-refractivity contribution < 1.29 is 32.3 Å². The number of fused-ring (bicyclic) bond motifs is 1. The number of aromatic nitrogens is 5. The number of allylic oxidation sites excluding steroid dienone is 1. The molecule has 2 aliphatic rings. The third kappa shape index (κ3) is 5.89. The first-order valence-corrected chi connectivity index (χ1v) is 14.6. The van der Waals surface area contributed by atoms with E-state index in [1.54, 1.807) is 4.57 Å². The standard InChI is InChI=1S/C28H28ClF3N8O5/c1-2-19-23(37-8-10-38(11-9-37)25-20(41)15-45-36-25)26(43)40-27(34-24(35-40)21-5-3-4-12-44-21)39(19)14-22(42)33-18-7-6-16(13-17(18)29)28(30,31)32/h5-7,13,15,41H,2-4,8-12,14H2,1H3,(H,33,42). The Labute approximate surface area is 258 Å². The van der Waals surface area contributed by atoms with Crippen molar-refractivity contribution in [3.63, 3.8) is 0 Å². The molecule has 0 spiro atoms. The van der Waals surface area contributed by atoms with Crippen molar-refractivity contribution in [3.8, 4) is 5.75 Å². The number of benzene rings is 1. The number of nitrogens with one attached hydrogen (secondary N) is 1. The van der Waals surface area contributed by atoms with Crippen LogP contribution in [0.15, 0.2) is 39.9 Å². The van der Waals surface area contributed by atoms with Gasteiger partial charge in [-0.1, -0.05) is 23.7 Å². The fourth-order valence-electron chi connectivity index (χ4n) is 5.46. The van der Waals surface area contributed by atoms with Crippen LogP contribution in [-0.4, -0.2) is 68.1 Å². The first-order valence-electron chi connectivity index (χ1n) is 14.2. The molecule has 0 atom stereocenters. The van der Waals surface area contributed by atoms with Crippen LogP contribution in [0, 0.1) is 0 Å². The normalized spacial score (nSPS) is 15.7. The van der Waals surface area contributed by atoms with E-state index in [-0.39, 0.29) is 34.6 Å². The Balaban J connectivity index is 1.37. The van der Waals surface area contributed by atoms with Gasteiger partial charge in [0.15, 0.2) is 12.0 Å². The minimum Gasteiger partial charge on any atom is -0.502 e. The van der Waals surface area contributed by atoms with E-state index in [2.05, 4.69) is 20.6 Å². The van der Waals surface area contributed by atoms with Gasteiger partial charge in [-0.15, -0.1) is 5.10 Å². The summed E-state index contributed by atoms with van der Waals surface area (Å²) < 4.78 is 52.7. The zero-order valence-electron chi connectivity index (χ0n) is 24.0. The Kier molecular flexibility index (Phi) is 8.07. The number of alkyl halides is 3. The molecule has 45 heavy (non-hydrogen) atoms. The van der Waals surface area contributed by atoms with E-state index < -0.39 is 23.2 Å². The lowest BCUT2D eigenvalue weighted by molar-refractivity contribution is -0.137. The van der Waals surface area contributed by atoms with Crippen LogP contribution in [0.25, 0.3) is 11.5 Å². The molecular formula is C28H28ClF3N8O5. The van der Waals surface area contributed by atoms with Crippen LogP contribution >= 0.6 is 11.6 Å². The molecule has 4 aromatic rings. The SMILES string of the molecule is CCc1c(N2CCN(c3nocc3O)CC2)c(=O)n2nc(C3=CCCCO3)nc2n1CC(=O)Nc1ccc(C(F)(F)F)cc1Cl. The molecule has 2 N–H and O–H groups in total. The number of carbonyl (C=O) groups is 1. The topological polar surface area (TPSA) is 143 Å². The average Bonchev–Trinajstić information content (AvgIpc) is 3.66. The molecule has 3 aromatic heterocycles. The molecule has 1 aromatic carbocycles. The van der Waals surface area contributed by atoms with Crippen LogP contribution in [0.2, 0.25) is 5.02 Å². The maximum Gasteiger partial charge on any atom is 0.416 e. The highest BCUT2D eigenvalue weighted by molar-refractivity contribution is 6.33. The summed E-state index contributed by atoms with van der Waals surface area (Å²) in [4.78, 5) is 35.7. The molecule has 2 aliphatic heterocycles. The van der Waals surface area contributed by atoms with Crippen molar-refractivity contribution in [2.75, 3.05) is 47.9 Å². The largest absolute Gasteiger partial charge is 0.502 e. The van der Waals surface area contributed by atoms with Gasteiger partial charge in [0.25, 0.3) is 5.56 Å². The molecule has 238 valence electrons.